The Balaban J connectivity index is 2.70. The monoisotopic (exact) mass is 226 g/mol. The van der Waals surface area contributed by atoms with Gasteiger partial charge in [-0.15, -0.1) is 0 Å². The zero-order chi connectivity index (χ0) is 12.2. The molecule has 0 saturated heterocycles. The van der Waals surface area contributed by atoms with E-state index in [-0.39, 0.29) is 11.8 Å². The molecule has 1 aliphatic carbocycles. The van der Waals surface area contributed by atoms with Crippen molar-refractivity contribution in [3.05, 3.63) is 0 Å². The van der Waals surface area contributed by atoms with E-state index in [4.69, 9.17) is 4.74 Å². The van der Waals surface area contributed by atoms with Gasteiger partial charge in [0.1, 0.15) is 11.2 Å². The molecule has 0 N–H and O–H groups in total. The summed E-state index contributed by atoms with van der Waals surface area (Å²) in [6, 6.07) is 0. The van der Waals surface area contributed by atoms with Crippen molar-refractivity contribution in [1.82, 2.24) is 0 Å². The van der Waals surface area contributed by atoms with Crippen molar-refractivity contribution < 1.29 is 14.3 Å². The predicted molar refractivity (Wildman–Crippen MR) is 62.0 cm³/mol. The molecule has 0 spiro atoms. The molecule has 0 amide bonds. The topological polar surface area (TPSA) is 43.4 Å². The first kappa shape index (κ1) is 13.2. The Kier molecular flexibility index (Phi) is 4.51. The maximum absolute atomic E-state index is 11.9. The summed E-state index contributed by atoms with van der Waals surface area (Å²) in [5, 5.41) is 0. The summed E-state index contributed by atoms with van der Waals surface area (Å²) in [5.41, 5.74) is -0.926. The average molecular weight is 226 g/mol. The van der Waals surface area contributed by atoms with Crippen LogP contribution in [0.15, 0.2) is 0 Å². The first-order valence-electron chi connectivity index (χ1n) is 6.19. The van der Waals surface area contributed by atoms with E-state index < -0.39 is 5.41 Å². The first-order chi connectivity index (χ1) is 7.50. The van der Waals surface area contributed by atoms with Crippen LogP contribution in [0.25, 0.3) is 0 Å². The highest BCUT2D eigenvalue weighted by atomic mass is 16.5. The third kappa shape index (κ3) is 2.83. The lowest BCUT2D eigenvalue weighted by Gasteiger charge is -2.27. The van der Waals surface area contributed by atoms with Crippen molar-refractivity contribution in [1.29, 1.82) is 0 Å². The molecule has 1 aliphatic rings. The molecule has 3 heteroatoms. The number of carbonyl (C=O) groups is 2. The number of hydrogen-bond acceptors (Lipinski definition) is 3. The first-order valence-corrected chi connectivity index (χ1v) is 6.19. The van der Waals surface area contributed by atoms with Crippen LogP contribution in [-0.4, -0.2) is 18.4 Å². The van der Waals surface area contributed by atoms with E-state index in [0.717, 1.165) is 12.8 Å². The highest BCUT2D eigenvalue weighted by molar-refractivity contribution is 6.02. The van der Waals surface area contributed by atoms with Gasteiger partial charge in [0.15, 0.2) is 0 Å². The van der Waals surface area contributed by atoms with Crippen LogP contribution in [-0.2, 0) is 14.3 Å². The average Bonchev–Trinajstić information content (AvgIpc) is 2.70. The largest absolute Gasteiger partial charge is 0.465 e. The Morgan fingerprint density at radius 1 is 1.31 bits per heavy atom. The quantitative estimate of drug-likeness (QED) is 0.534. The minimum absolute atomic E-state index is 0.0714. The Bertz CT molecular complexity index is 266. The van der Waals surface area contributed by atoms with Gasteiger partial charge in [0.2, 0.25) is 0 Å². The van der Waals surface area contributed by atoms with Crippen molar-refractivity contribution >= 4 is 11.8 Å². The molecule has 0 aromatic heterocycles. The lowest BCUT2D eigenvalue weighted by molar-refractivity contribution is -0.159. The van der Waals surface area contributed by atoms with Gasteiger partial charge in [-0.05, 0) is 33.1 Å². The van der Waals surface area contributed by atoms with Crippen LogP contribution in [0, 0.1) is 11.3 Å². The van der Waals surface area contributed by atoms with Gasteiger partial charge in [0.25, 0.3) is 0 Å². The normalized spacial score (nSPS) is 20.4. The lowest BCUT2D eigenvalue weighted by atomic mass is 9.77. The number of hydrogen-bond donors (Lipinski definition) is 0. The second kappa shape index (κ2) is 5.46. The fourth-order valence-corrected chi connectivity index (χ4v) is 2.45. The number of Topliss-reactive ketones (excluding diaryl/α,β-unsaturated/α-hetero) is 1. The van der Waals surface area contributed by atoms with Gasteiger partial charge < -0.3 is 4.74 Å². The molecular weight excluding hydrogens is 204 g/mol. The van der Waals surface area contributed by atoms with Crippen LogP contribution in [0.4, 0.5) is 0 Å². The molecule has 1 atom stereocenters. The summed E-state index contributed by atoms with van der Waals surface area (Å²) < 4.78 is 5.02. The molecule has 0 bridgehead atoms. The maximum Gasteiger partial charge on any atom is 0.319 e. The Labute approximate surface area is 97.5 Å². The molecule has 3 nitrogen and oxygen atoms in total. The summed E-state index contributed by atoms with van der Waals surface area (Å²) in [5.74, 6) is 0.0885. The lowest BCUT2D eigenvalue weighted by Crippen LogP contribution is -2.38. The van der Waals surface area contributed by atoms with Crippen molar-refractivity contribution in [2.75, 3.05) is 6.61 Å². The fourth-order valence-electron chi connectivity index (χ4n) is 2.45. The maximum atomic E-state index is 11.9. The van der Waals surface area contributed by atoms with Gasteiger partial charge in [-0.1, -0.05) is 25.7 Å². The van der Waals surface area contributed by atoms with E-state index in [0.29, 0.717) is 18.9 Å². The molecule has 1 rings (SSSR count). The van der Waals surface area contributed by atoms with E-state index in [1.165, 1.54) is 19.8 Å². The number of rotatable bonds is 5. The SMILES string of the molecule is CCOC(=O)C(C)(CC1CCCC1)C(C)=O. The molecule has 0 heterocycles. The van der Waals surface area contributed by atoms with Crippen LogP contribution in [0.3, 0.4) is 0 Å². The zero-order valence-corrected chi connectivity index (χ0v) is 10.5. The zero-order valence-electron chi connectivity index (χ0n) is 10.5. The Morgan fingerprint density at radius 2 is 1.88 bits per heavy atom. The van der Waals surface area contributed by atoms with Gasteiger partial charge in [-0.3, -0.25) is 9.59 Å². The van der Waals surface area contributed by atoms with Gasteiger partial charge in [0, 0.05) is 0 Å². The van der Waals surface area contributed by atoms with Crippen LogP contribution >= 0.6 is 0 Å². The van der Waals surface area contributed by atoms with Gasteiger partial charge in [0.05, 0.1) is 6.61 Å². The standard InChI is InChI=1S/C13H22O3/c1-4-16-12(15)13(3,10(2)14)9-11-7-5-6-8-11/h11H,4-9H2,1-3H3. The second-order valence-corrected chi connectivity index (χ2v) is 4.96. The fraction of sp³-hybridized carbons (Fsp3) is 0.846. The van der Waals surface area contributed by atoms with Gasteiger partial charge in [-0.25, -0.2) is 0 Å². The summed E-state index contributed by atoms with van der Waals surface area (Å²) in [4.78, 5) is 23.5. The molecule has 1 saturated carbocycles. The predicted octanol–water partition coefficient (Wildman–Crippen LogP) is 2.73. The highest BCUT2D eigenvalue weighted by Gasteiger charge is 2.42. The minimum Gasteiger partial charge on any atom is -0.465 e. The van der Waals surface area contributed by atoms with Gasteiger partial charge >= 0.3 is 5.97 Å². The van der Waals surface area contributed by atoms with Crippen molar-refractivity contribution in [3.8, 4) is 0 Å². The third-order valence-corrected chi connectivity index (χ3v) is 3.67. The second-order valence-electron chi connectivity index (χ2n) is 4.96. The Hall–Kier alpha value is -0.860. The van der Waals surface area contributed by atoms with Crippen molar-refractivity contribution in [2.24, 2.45) is 11.3 Å². The third-order valence-electron chi connectivity index (χ3n) is 3.67. The van der Waals surface area contributed by atoms with Crippen LogP contribution in [0.1, 0.15) is 52.9 Å². The van der Waals surface area contributed by atoms with Crippen LogP contribution < -0.4 is 0 Å². The van der Waals surface area contributed by atoms with Crippen molar-refractivity contribution in [2.45, 2.75) is 52.9 Å². The molecule has 0 aromatic carbocycles. The summed E-state index contributed by atoms with van der Waals surface area (Å²) in [6.07, 6.45) is 5.38. The van der Waals surface area contributed by atoms with E-state index in [9.17, 15) is 9.59 Å². The summed E-state index contributed by atoms with van der Waals surface area (Å²) in [7, 11) is 0. The van der Waals surface area contributed by atoms with E-state index in [1.54, 1.807) is 13.8 Å². The number of ketones is 1. The molecule has 92 valence electrons. The molecule has 16 heavy (non-hydrogen) atoms. The number of ether oxygens (including phenoxy) is 1. The molecule has 0 radical (unpaired) electrons. The molecular formula is C13H22O3. The van der Waals surface area contributed by atoms with E-state index in [1.807, 2.05) is 0 Å². The summed E-state index contributed by atoms with van der Waals surface area (Å²) >= 11 is 0. The minimum atomic E-state index is -0.926. The van der Waals surface area contributed by atoms with Gasteiger partial charge in [-0.2, -0.15) is 0 Å². The Morgan fingerprint density at radius 3 is 2.31 bits per heavy atom. The van der Waals surface area contributed by atoms with Crippen molar-refractivity contribution in [3.63, 3.8) is 0 Å². The van der Waals surface area contributed by atoms with E-state index >= 15 is 0 Å². The molecule has 0 aromatic rings. The molecule has 1 fully saturated rings. The number of carbonyl (C=O) groups excluding carboxylic acids is 2. The van der Waals surface area contributed by atoms with Crippen LogP contribution in [0.5, 0.6) is 0 Å². The summed E-state index contributed by atoms with van der Waals surface area (Å²) in [6.45, 7) is 5.33. The highest BCUT2D eigenvalue weighted by Crippen LogP contribution is 2.37. The molecule has 0 aliphatic heterocycles. The van der Waals surface area contributed by atoms with Crippen LogP contribution in [0.2, 0.25) is 0 Å². The smallest absolute Gasteiger partial charge is 0.319 e. The molecule has 1 unspecified atom stereocenters. The van der Waals surface area contributed by atoms with E-state index in [2.05, 4.69) is 0 Å². The number of esters is 1.